The summed E-state index contributed by atoms with van der Waals surface area (Å²) in [5.41, 5.74) is 2.77. The molecule has 3 nitrogen and oxygen atoms in total. The third kappa shape index (κ3) is 3.62. The Labute approximate surface area is 137 Å². The van der Waals surface area contributed by atoms with Gasteiger partial charge in [-0.15, -0.1) is 0 Å². The van der Waals surface area contributed by atoms with Gasteiger partial charge in [-0.3, -0.25) is 4.90 Å². The fraction of sp³-hybridized carbons (Fsp3) is 0.158. The van der Waals surface area contributed by atoms with Crippen molar-refractivity contribution in [3.8, 4) is 0 Å². The van der Waals surface area contributed by atoms with E-state index in [2.05, 4.69) is 47.4 Å². The Morgan fingerprint density at radius 2 is 1.39 bits per heavy atom. The molecule has 0 bridgehead atoms. The van der Waals surface area contributed by atoms with Crippen molar-refractivity contribution in [2.45, 2.75) is 13.1 Å². The minimum atomic E-state index is -1.43. The van der Waals surface area contributed by atoms with Gasteiger partial charge >= 0.3 is 7.12 Å². The maximum atomic E-state index is 9.49. The Hall–Kier alpha value is -2.14. The fourth-order valence-corrected chi connectivity index (χ4v) is 3.00. The van der Waals surface area contributed by atoms with Crippen molar-refractivity contribution in [3.05, 3.63) is 77.9 Å². The molecule has 0 amide bonds. The molecular weight excluding hydrogens is 285 g/mol. The highest BCUT2D eigenvalue weighted by atomic mass is 16.4. The van der Waals surface area contributed by atoms with Crippen LogP contribution in [0.25, 0.3) is 10.8 Å². The third-order valence-electron chi connectivity index (χ3n) is 4.09. The predicted octanol–water partition coefficient (Wildman–Crippen LogP) is 2.15. The van der Waals surface area contributed by atoms with Gasteiger partial charge < -0.3 is 10.0 Å². The predicted molar refractivity (Wildman–Crippen MR) is 95.4 cm³/mol. The van der Waals surface area contributed by atoms with E-state index in [1.54, 1.807) is 6.07 Å². The quantitative estimate of drug-likeness (QED) is 0.710. The lowest BCUT2D eigenvalue weighted by molar-refractivity contribution is 0.320. The molecular formula is C19H20BNO2. The zero-order chi connectivity index (χ0) is 16.2. The second-order valence-corrected chi connectivity index (χ2v) is 5.88. The van der Waals surface area contributed by atoms with Crippen LogP contribution in [0.2, 0.25) is 0 Å². The molecule has 0 radical (unpaired) electrons. The SMILES string of the molecule is CN(Cc1ccccc1B(O)O)Cc1cccc2ccccc12. The number of hydrogen-bond donors (Lipinski definition) is 2. The molecule has 0 aliphatic carbocycles. The van der Waals surface area contributed by atoms with Crippen LogP contribution < -0.4 is 5.46 Å². The fourth-order valence-electron chi connectivity index (χ4n) is 3.00. The molecule has 0 fully saturated rings. The van der Waals surface area contributed by atoms with E-state index in [-0.39, 0.29) is 0 Å². The Kier molecular flexibility index (Phi) is 4.77. The molecule has 2 N–H and O–H groups in total. The summed E-state index contributed by atoms with van der Waals surface area (Å²) in [5, 5.41) is 21.5. The zero-order valence-electron chi connectivity index (χ0n) is 13.2. The van der Waals surface area contributed by atoms with Crippen LogP contribution in [0.15, 0.2) is 66.7 Å². The minimum absolute atomic E-state index is 0.567. The van der Waals surface area contributed by atoms with Crippen LogP contribution >= 0.6 is 0 Å². The van der Waals surface area contributed by atoms with Gasteiger partial charge in [0, 0.05) is 13.1 Å². The molecule has 0 aliphatic heterocycles. The largest absolute Gasteiger partial charge is 0.488 e. The maximum Gasteiger partial charge on any atom is 0.488 e. The molecule has 0 atom stereocenters. The summed E-state index contributed by atoms with van der Waals surface area (Å²) in [6.07, 6.45) is 0. The van der Waals surface area contributed by atoms with Crippen LogP contribution in [0.3, 0.4) is 0 Å². The summed E-state index contributed by atoms with van der Waals surface area (Å²) in [5.74, 6) is 0. The Bertz CT molecular complexity index is 799. The Balaban J connectivity index is 1.81. The first-order chi connectivity index (χ1) is 11.1. The van der Waals surface area contributed by atoms with E-state index in [0.717, 1.165) is 12.1 Å². The van der Waals surface area contributed by atoms with Gasteiger partial charge in [0.05, 0.1) is 0 Å². The van der Waals surface area contributed by atoms with E-state index in [1.165, 1.54) is 16.3 Å². The summed E-state index contributed by atoms with van der Waals surface area (Å²) in [4.78, 5) is 2.18. The van der Waals surface area contributed by atoms with E-state index in [4.69, 9.17) is 0 Å². The first kappa shape index (κ1) is 15.7. The summed E-state index contributed by atoms with van der Waals surface area (Å²) >= 11 is 0. The molecule has 4 heteroatoms. The van der Waals surface area contributed by atoms with Gasteiger partial charge in [0.1, 0.15) is 0 Å². The third-order valence-corrected chi connectivity index (χ3v) is 4.09. The lowest BCUT2D eigenvalue weighted by Crippen LogP contribution is -2.34. The van der Waals surface area contributed by atoms with Crippen LogP contribution in [0.5, 0.6) is 0 Å². The smallest absolute Gasteiger partial charge is 0.423 e. The number of benzene rings is 3. The van der Waals surface area contributed by atoms with Crippen LogP contribution in [-0.4, -0.2) is 29.1 Å². The highest BCUT2D eigenvalue weighted by Gasteiger charge is 2.16. The minimum Gasteiger partial charge on any atom is -0.423 e. The second kappa shape index (κ2) is 6.96. The highest BCUT2D eigenvalue weighted by Crippen LogP contribution is 2.20. The first-order valence-corrected chi connectivity index (χ1v) is 7.74. The Morgan fingerprint density at radius 1 is 0.783 bits per heavy atom. The van der Waals surface area contributed by atoms with Crippen molar-refractivity contribution in [1.82, 2.24) is 4.90 Å². The van der Waals surface area contributed by atoms with E-state index in [9.17, 15) is 10.0 Å². The number of rotatable bonds is 5. The lowest BCUT2D eigenvalue weighted by Gasteiger charge is -2.20. The number of nitrogens with zero attached hydrogens (tertiary/aromatic N) is 1. The average molecular weight is 305 g/mol. The topological polar surface area (TPSA) is 43.7 Å². The van der Waals surface area contributed by atoms with Gasteiger partial charge in [-0.05, 0) is 34.4 Å². The molecule has 0 saturated carbocycles. The second-order valence-electron chi connectivity index (χ2n) is 5.88. The Morgan fingerprint density at radius 3 is 2.22 bits per heavy atom. The zero-order valence-corrected chi connectivity index (χ0v) is 13.2. The van der Waals surface area contributed by atoms with Crippen molar-refractivity contribution in [2.75, 3.05) is 7.05 Å². The first-order valence-electron chi connectivity index (χ1n) is 7.74. The molecule has 3 aromatic rings. The van der Waals surface area contributed by atoms with Crippen LogP contribution in [0, 0.1) is 0 Å². The van der Waals surface area contributed by atoms with Crippen LogP contribution in [-0.2, 0) is 13.1 Å². The van der Waals surface area contributed by atoms with E-state index in [1.807, 2.05) is 25.2 Å². The number of fused-ring (bicyclic) bond motifs is 1. The van der Waals surface area contributed by atoms with Gasteiger partial charge in [-0.25, -0.2) is 0 Å². The molecule has 3 aromatic carbocycles. The molecule has 0 heterocycles. The van der Waals surface area contributed by atoms with Gasteiger partial charge in [0.15, 0.2) is 0 Å². The maximum absolute atomic E-state index is 9.49. The molecule has 116 valence electrons. The summed E-state index contributed by atoms with van der Waals surface area (Å²) in [6.45, 7) is 1.47. The van der Waals surface area contributed by atoms with Gasteiger partial charge in [-0.1, -0.05) is 66.7 Å². The molecule has 23 heavy (non-hydrogen) atoms. The van der Waals surface area contributed by atoms with Gasteiger partial charge in [0.25, 0.3) is 0 Å². The monoisotopic (exact) mass is 305 g/mol. The highest BCUT2D eigenvalue weighted by molar-refractivity contribution is 6.59. The normalized spacial score (nSPS) is 11.1. The van der Waals surface area contributed by atoms with Crippen molar-refractivity contribution < 1.29 is 10.0 Å². The summed E-state index contributed by atoms with van der Waals surface area (Å²) in [6, 6.07) is 22.2. The molecule has 0 aromatic heterocycles. The molecule has 0 spiro atoms. The average Bonchev–Trinajstić information content (AvgIpc) is 2.55. The molecule has 0 saturated heterocycles. The van der Waals surface area contributed by atoms with Crippen molar-refractivity contribution >= 4 is 23.4 Å². The van der Waals surface area contributed by atoms with Crippen LogP contribution in [0.1, 0.15) is 11.1 Å². The van der Waals surface area contributed by atoms with E-state index in [0.29, 0.717) is 12.0 Å². The summed E-state index contributed by atoms with van der Waals surface area (Å²) in [7, 11) is 0.611. The number of hydrogen-bond acceptors (Lipinski definition) is 3. The van der Waals surface area contributed by atoms with Crippen molar-refractivity contribution in [3.63, 3.8) is 0 Å². The molecule has 0 aliphatic rings. The summed E-state index contributed by atoms with van der Waals surface area (Å²) < 4.78 is 0. The lowest BCUT2D eigenvalue weighted by atomic mass is 9.77. The van der Waals surface area contributed by atoms with E-state index < -0.39 is 7.12 Å². The van der Waals surface area contributed by atoms with Gasteiger partial charge in [0.2, 0.25) is 0 Å². The van der Waals surface area contributed by atoms with Crippen molar-refractivity contribution in [2.24, 2.45) is 0 Å². The van der Waals surface area contributed by atoms with E-state index >= 15 is 0 Å². The standard InChI is InChI=1S/C19H20BNO2/c1-21(14-17-8-3-5-12-19(17)20(22)23)13-16-10-6-9-15-7-2-4-11-18(15)16/h2-12,22-23H,13-14H2,1H3. The molecule has 3 rings (SSSR count). The van der Waals surface area contributed by atoms with Crippen LogP contribution in [0.4, 0.5) is 0 Å². The molecule has 0 unspecified atom stereocenters. The van der Waals surface area contributed by atoms with Crippen molar-refractivity contribution in [1.29, 1.82) is 0 Å². The van der Waals surface area contributed by atoms with Gasteiger partial charge in [-0.2, -0.15) is 0 Å².